The number of sulfone groups is 1. The second-order valence-electron chi connectivity index (χ2n) is 6.85. The molecular formula is C21H22N6O3S. The summed E-state index contributed by atoms with van der Waals surface area (Å²) in [4.78, 5) is 8.91. The fourth-order valence-corrected chi connectivity index (χ4v) is 4.04. The Kier molecular flexibility index (Phi) is 5.47. The Hall–Kier alpha value is -3.66. The molecule has 3 N–H and O–H groups in total. The maximum Gasteiger partial charge on any atom is 0.229 e. The largest absolute Gasteiger partial charge is 0.495 e. The van der Waals surface area contributed by atoms with E-state index in [4.69, 9.17) is 4.74 Å². The van der Waals surface area contributed by atoms with Gasteiger partial charge in [-0.3, -0.25) is 5.10 Å². The van der Waals surface area contributed by atoms with Crippen LogP contribution in [-0.4, -0.2) is 41.4 Å². The molecule has 2 aromatic carbocycles. The molecule has 0 radical (unpaired) electrons. The molecule has 10 heteroatoms. The number of hydrogen-bond acceptors (Lipinski definition) is 8. The van der Waals surface area contributed by atoms with Crippen molar-refractivity contribution in [1.82, 2.24) is 20.2 Å². The van der Waals surface area contributed by atoms with E-state index in [9.17, 15) is 8.42 Å². The molecule has 0 fully saturated rings. The number of aryl methyl sites for hydroxylation is 1. The van der Waals surface area contributed by atoms with Crippen molar-refractivity contribution in [3.05, 3.63) is 54.4 Å². The highest BCUT2D eigenvalue weighted by atomic mass is 32.2. The molecule has 0 aliphatic carbocycles. The molecule has 0 saturated carbocycles. The van der Waals surface area contributed by atoms with Gasteiger partial charge in [-0.2, -0.15) is 10.1 Å². The maximum atomic E-state index is 12.2. The molecule has 0 bridgehead atoms. The van der Waals surface area contributed by atoms with E-state index >= 15 is 0 Å². The SMILES string of the molecule is CCS(=O)(=O)c1ccc(OC)c(Nc2nccc(Nc3ccc4c(C)n[nH]c4c3)n2)c1. The van der Waals surface area contributed by atoms with Gasteiger partial charge in [-0.1, -0.05) is 6.92 Å². The number of H-pyrrole nitrogens is 1. The molecular weight excluding hydrogens is 416 g/mol. The Morgan fingerprint density at radius 3 is 2.71 bits per heavy atom. The number of benzene rings is 2. The molecule has 160 valence electrons. The lowest BCUT2D eigenvalue weighted by molar-refractivity contribution is 0.416. The molecule has 0 aliphatic rings. The second-order valence-corrected chi connectivity index (χ2v) is 9.13. The number of hydrogen-bond donors (Lipinski definition) is 3. The highest BCUT2D eigenvalue weighted by molar-refractivity contribution is 7.91. The first-order chi connectivity index (χ1) is 14.9. The van der Waals surface area contributed by atoms with Crippen LogP contribution in [-0.2, 0) is 9.84 Å². The fourth-order valence-electron chi connectivity index (χ4n) is 3.14. The van der Waals surface area contributed by atoms with Crippen LogP contribution >= 0.6 is 0 Å². The fraction of sp³-hybridized carbons (Fsp3) is 0.190. The lowest BCUT2D eigenvalue weighted by Crippen LogP contribution is -2.06. The predicted octanol–water partition coefficient (Wildman–Crippen LogP) is 3.95. The van der Waals surface area contributed by atoms with Crippen molar-refractivity contribution in [2.75, 3.05) is 23.5 Å². The number of fused-ring (bicyclic) bond motifs is 1. The smallest absolute Gasteiger partial charge is 0.229 e. The van der Waals surface area contributed by atoms with Crippen molar-refractivity contribution in [2.45, 2.75) is 18.7 Å². The predicted molar refractivity (Wildman–Crippen MR) is 120 cm³/mol. The van der Waals surface area contributed by atoms with E-state index in [2.05, 4.69) is 30.8 Å². The zero-order valence-electron chi connectivity index (χ0n) is 17.3. The molecule has 0 spiro atoms. The van der Waals surface area contributed by atoms with Gasteiger partial charge in [-0.15, -0.1) is 0 Å². The maximum absolute atomic E-state index is 12.2. The number of methoxy groups -OCH3 is 1. The summed E-state index contributed by atoms with van der Waals surface area (Å²) < 4.78 is 29.8. The summed E-state index contributed by atoms with van der Waals surface area (Å²) >= 11 is 0. The van der Waals surface area contributed by atoms with Crippen LogP contribution < -0.4 is 15.4 Å². The van der Waals surface area contributed by atoms with Gasteiger partial charge >= 0.3 is 0 Å². The van der Waals surface area contributed by atoms with Crippen molar-refractivity contribution in [3.63, 3.8) is 0 Å². The third-order valence-corrected chi connectivity index (χ3v) is 6.57. The average Bonchev–Trinajstić information content (AvgIpc) is 3.14. The normalized spacial score (nSPS) is 11.5. The third-order valence-electron chi connectivity index (χ3n) is 4.84. The van der Waals surface area contributed by atoms with Gasteiger partial charge in [0.1, 0.15) is 11.6 Å². The number of rotatable bonds is 7. The summed E-state index contributed by atoms with van der Waals surface area (Å²) in [5, 5.41) is 14.6. The van der Waals surface area contributed by atoms with Gasteiger partial charge < -0.3 is 15.4 Å². The lowest BCUT2D eigenvalue weighted by Gasteiger charge is -2.13. The Balaban J connectivity index is 1.60. The van der Waals surface area contributed by atoms with E-state index in [0.717, 1.165) is 22.3 Å². The van der Waals surface area contributed by atoms with E-state index in [-0.39, 0.29) is 10.6 Å². The van der Waals surface area contributed by atoms with Crippen LogP contribution in [0.15, 0.2) is 53.6 Å². The molecule has 0 saturated heterocycles. The summed E-state index contributed by atoms with van der Waals surface area (Å²) in [6, 6.07) is 12.3. The van der Waals surface area contributed by atoms with E-state index in [0.29, 0.717) is 23.2 Å². The molecule has 0 aliphatic heterocycles. The van der Waals surface area contributed by atoms with Gasteiger partial charge in [0.05, 0.1) is 34.7 Å². The number of nitrogens with zero attached hydrogens (tertiary/aromatic N) is 3. The molecule has 31 heavy (non-hydrogen) atoms. The van der Waals surface area contributed by atoms with Crippen LogP contribution in [0.5, 0.6) is 5.75 Å². The summed E-state index contributed by atoms with van der Waals surface area (Å²) in [6.45, 7) is 3.55. The van der Waals surface area contributed by atoms with Crippen LogP contribution in [0, 0.1) is 6.92 Å². The van der Waals surface area contributed by atoms with E-state index in [1.165, 1.54) is 19.2 Å². The molecule has 2 heterocycles. The van der Waals surface area contributed by atoms with E-state index < -0.39 is 9.84 Å². The van der Waals surface area contributed by atoms with Gasteiger partial charge in [0.2, 0.25) is 5.95 Å². The molecule has 0 unspecified atom stereocenters. The summed E-state index contributed by atoms with van der Waals surface area (Å²) in [5.74, 6) is 1.36. The monoisotopic (exact) mass is 438 g/mol. The van der Waals surface area contributed by atoms with Crippen LogP contribution in [0.4, 0.5) is 23.1 Å². The molecule has 9 nitrogen and oxygen atoms in total. The van der Waals surface area contributed by atoms with Gasteiger partial charge in [-0.05, 0) is 49.4 Å². The molecule has 2 aromatic heterocycles. The van der Waals surface area contributed by atoms with Crippen molar-refractivity contribution < 1.29 is 13.2 Å². The number of aromatic nitrogens is 4. The topological polar surface area (TPSA) is 122 Å². The minimum atomic E-state index is -3.36. The Labute approximate surface area is 179 Å². The highest BCUT2D eigenvalue weighted by Crippen LogP contribution is 2.30. The van der Waals surface area contributed by atoms with E-state index in [1.807, 2.05) is 25.1 Å². The van der Waals surface area contributed by atoms with E-state index in [1.54, 1.807) is 25.3 Å². The third kappa shape index (κ3) is 4.29. The summed E-state index contributed by atoms with van der Waals surface area (Å²) in [7, 11) is -1.85. The van der Waals surface area contributed by atoms with Gasteiger partial charge in [0.25, 0.3) is 0 Å². The van der Waals surface area contributed by atoms with Gasteiger partial charge in [-0.25, -0.2) is 13.4 Å². The number of anilines is 4. The van der Waals surface area contributed by atoms with Gasteiger partial charge in [0.15, 0.2) is 9.84 Å². The Bertz CT molecular complexity index is 1350. The molecule has 0 amide bonds. The van der Waals surface area contributed by atoms with Crippen molar-refractivity contribution >= 4 is 43.9 Å². The Morgan fingerprint density at radius 2 is 1.94 bits per heavy atom. The zero-order chi connectivity index (χ0) is 22.0. The minimum Gasteiger partial charge on any atom is -0.495 e. The van der Waals surface area contributed by atoms with Crippen LogP contribution in [0.25, 0.3) is 10.9 Å². The first-order valence-corrected chi connectivity index (χ1v) is 11.3. The first-order valence-electron chi connectivity index (χ1n) is 9.62. The number of nitrogens with one attached hydrogen (secondary N) is 3. The van der Waals surface area contributed by atoms with Crippen molar-refractivity contribution in [1.29, 1.82) is 0 Å². The first kappa shape index (κ1) is 20.6. The molecule has 0 atom stereocenters. The minimum absolute atomic E-state index is 0.00880. The number of ether oxygens (including phenoxy) is 1. The number of aromatic amines is 1. The quantitative estimate of drug-likeness (QED) is 0.396. The van der Waals surface area contributed by atoms with Crippen molar-refractivity contribution in [2.24, 2.45) is 0 Å². The molecule has 4 rings (SSSR count). The lowest BCUT2D eigenvalue weighted by atomic mass is 10.2. The zero-order valence-corrected chi connectivity index (χ0v) is 18.1. The van der Waals surface area contributed by atoms with Crippen LogP contribution in [0.1, 0.15) is 12.6 Å². The highest BCUT2D eigenvalue weighted by Gasteiger charge is 2.15. The summed E-state index contributed by atoms with van der Waals surface area (Å²) in [6.07, 6.45) is 1.61. The second kappa shape index (κ2) is 8.23. The average molecular weight is 439 g/mol. The van der Waals surface area contributed by atoms with Crippen molar-refractivity contribution in [3.8, 4) is 5.75 Å². The molecule has 4 aromatic rings. The van der Waals surface area contributed by atoms with Gasteiger partial charge in [0, 0.05) is 17.3 Å². The Morgan fingerprint density at radius 1 is 1.10 bits per heavy atom. The summed E-state index contributed by atoms with van der Waals surface area (Å²) in [5.41, 5.74) is 3.17. The van der Waals surface area contributed by atoms with Crippen LogP contribution in [0.2, 0.25) is 0 Å². The standard InChI is InChI=1S/C21H22N6O3S/c1-4-31(28,29)15-6-8-19(30-3)18(12-15)24-21-22-10-9-20(25-21)23-14-5-7-16-13(2)26-27-17(16)11-14/h5-12H,4H2,1-3H3,(H,26,27)(H2,22,23,24,25). The van der Waals surface area contributed by atoms with Crippen LogP contribution in [0.3, 0.4) is 0 Å².